The second kappa shape index (κ2) is 7.73. The van der Waals surface area contributed by atoms with Crippen molar-refractivity contribution < 1.29 is 9.59 Å². The van der Waals surface area contributed by atoms with Crippen molar-refractivity contribution in [3.8, 4) is 0 Å². The van der Waals surface area contributed by atoms with E-state index >= 15 is 0 Å². The van der Waals surface area contributed by atoms with Crippen LogP contribution in [0.5, 0.6) is 0 Å². The highest BCUT2D eigenvalue weighted by atomic mass is 16.2. The molecule has 2 aromatic carbocycles. The Morgan fingerprint density at radius 1 is 1.15 bits per heavy atom. The number of hydrogen-bond donors (Lipinski definition) is 0. The van der Waals surface area contributed by atoms with Crippen molar-refractivity contribution in [2.24, 2.45) is 5.92 Å². The molecule has 3 rings (SSSR count). The van der Waals surface area contributed by atoms with Crippen molar-refractivity contribution in [2.45, 2.75) is 32.7 Å². The maximum Gasteiger partial charge on any atom is 0.226 e. The summed E-state index contributed by atoms with van der Waals surface area (Å²) in [6, 6.07) is 18.2. The number of anilines is 1. The molecule has 0 N–H and O–H groups in total. The van der Waals surface area contributed by atoms with Gasteiger partial charge in [0.25, 0.3) is 0 Å². The van der Waals surface area contributed by atoms with E-state index in [9.17, 15) is 9.59 Å². The standard InChI is InChI=1S/C22H26N2O2/c1-16(19-7-5-4-6-8-19)24-14-13-20(22(24)26)15-18-9-11-21(12-10-18)23(3)17(2)25/h4-12,16,20H,13-15H2,1-3H3/t16-,20?/m1/s1. The molecular weight excluding hydrogens is 324 g/mol. The molecule has 1 fully saturated rings. The molecule has 1 saturated heterocycles. The lowest BCUT2D eigenvalue weighted by atomic mass is 9.97. The Kier molecular flexibility index (Phi) is 5.40. The first-order chi connectivity index (χ1) is 12.5. The highest BCUT2D eigenvalue weighted by molar-refractivity contribution is 5.90. The number of amides is 2. The van der Waals surface area contributed by atoms with E-state index in [1.165, 1.54) is 5.56 Å². The second-order valence-corrected chi connectivity index (χ2v) is 7.05. The molecule has 2 amide bonds. The average molecular weight is 350 g/mol. The third-order valence-electron chi connectivity index (χ3n) is 5.38. The van der Waals surface area contributed by atoms with Gasteiger partial charge in [-0.1, -0.05) is 42.5 Å². The normalized spacial score (nSPS) is 18.0. The molecular formula is C22H26N2O2. The third kappa shape index (κ3) is 3.79. The van der Waals surface area contributed by atoms with Crippen molar-refractivity contribution >= 4 is 17.5 Å². The van der Waals surface area contributed by atoms with Crippen LogP contribution in [0.2, 0.25) is 0 Å². The summed E-state index contributed by atoms with van der Waals surface area (Å²) in [6.07, 6.45) is 1.64. The molecule has 136 valence electrons. The fraction of sp³-hybridized carbons (Fsp3) is 0.364. The zero-order valence-corrected chi connectivity index (χ0v) is 15.7. The molecule has 4 nitrogen and oxygen atoms in total. The summed E-state index contributed by atoms with van der Waals surface area (Å²) >= 11 is 0. The zero-order chi connectivity index (χ0) is 18.7. The summed E-state index contributed by atoms with van der Waals surface area (Å²) in [7, 11) is 1.76. The Morgan fingerprint density at radius 3 is 2.42 bits per heavy atom. The Labute approximate surface area is 155 Å². The highest BCUT2D eigenvalue weighted by Gasteiger charge is 2.34. The molecule has 0 aliphatic carbocycles. The number of nitrogens with zero attached hydrogens (tertiary/aromatic N) is 2. The Morgan fingerprint density at radius 2 is 1.81 bits per heavy atom. The fourth-order valence-electron chi connectivity index (χ4n) is 3.57. The van der Waals surface area contributed by atoms with Crippen molar-refractivity contribution in [1.29, 1.82) is 0 Å². The first-order valence-electron chi connectivity index (χ1n) is 9.16. The molecule has 0 aromatic heterocycles. The van der Waals surface area contributed by atoms with Gasteiger partial charge in [-0.15, -0.1) is 0 Å². The van der Waals surface area contributed by atoms with Crippen molar-refractivity contribution in [2.75, 3.05) is 18.5 Å². The van der Waals surface area contributed by atoms with Gasteiger partial charge in [0.15, 0.2) is 0 Å². The van der Waals surface area contributed by atoms with Gasteiger partial charge in [0.2, 0.25) is 11.8 Å². The Balaban J connectivity index is 1.65. The molecule has 1 aliphatic heterocycles. The van der Waals surface area contributed by atoms with Crippen LogP contribution in [-0.2, 0) is 16.0 Å². The van der Waals surface area contributed by atoms with E-state index in [4.69, 9.17) is 0 Å². The van der Waals surface area contributed by atoms with Crippen molar-refractivity contribution in [3.05, 3.63) is 65.7 Å². The molecule has 0 bridgehead atoms. The summed E-state index contributed by atoms with van der Waals surface area (Å²) < 4.78 is 0. The van der Waals surface area contributed by atoms with Crippen LogP contribution in [0.3, 0.4) is 0 Å². The van der Waals surface area contributed by atoms with E-state index in [1.54, 1.807) is 18.9 Å². The number of likely N-dealkylation sites (tertiary alicyclic amines) is 1. The lowest BCUT2D eigenvalue weighted by Gasteiger charge is -2.25. The smallest absolute Gasteiger partial charge is 0.226 e. The minimum absolute atomic E-state index is 0.00858. The number of hydrogen-bond acceptors (Lipinski definition) is 2. The van der Waals surface area contributed by atoms with Gasteiger partial charge in [0.1, 0.15) is 0 Å². The highest BCUT2D eigenvalue weighted by Crippen LogP contribution is 2.30. The van der Waals surface area contributed by atoms with Crippen LogP contribution in [0, 0.1) is 5.92 Å². The van der Waals surface area contributed by atoms with Gasteiger partial charge >= 0.3 is 0 Å². The largest absolute Gasteiger partial charge is 0.336 e. The Hall–Kier alpha value is -2.62. The average Bonchev–Trinajstić information content (AvgIpc) is 3.02. The van der Waals surface area contributed by atoms with Gasteiger partial charge in [0, 0.05) is 32.1 Å². The molecule has 4 heteroatoms. The minimum Gasteiger partial charge on any atom is -0.336 e. The van der Waals surface area contributed by atoms with E-state index in [0.29, 0.717) is 0 Å². The van der Waals surface area contributed by atoms with Crippen LogP contribution < -0.4 is 4.90 Å². The van der Waals surface area contributed by atoms with E-state index < -0.39 is 0 Å². The van der Waals surface area contributed by atoms with E-state index in [0.717, 1.165) is 30.6 Å². The summed E-state index contributed by atoms with van der Waals surface area (Å²) in [5.41, 5.74) is 3.19. The molecule has 0 radical (unpaired) electrons. The number of carbonyl (C=O) groups excluding carboxylic acids is 2. The maximum atomic E-state index is 12.9. The monoisotopic (exact) mass is 350 g/mol. The molecule has 1 unspecified atom stereocenters. The third-order valence-corrected chi connectivity index (χ3v) is 5.38. The van der Waals surface area contributed by atoms with Gasteiger partial charge in [-0.2, -0.15) is 0 Å². The fourth-order valence-corrected chi connectivity index (χ4v) is 3.57. The summed E-state index contributed by atoms with van der Waals surface area (Å²) in [4.78, 5) is 27.9. The van der Waals surface area contributed by atoms with Crippen LogP contribution in [0.15, 0.2) is 54.6 Å². The van der Waals surface area contributed by atoms with Crippen LogP contribution in [0.4, 0.5) is 5.69 Å². The summed E-state index contributed by atoms with van der Waals surface area (Å²) in [6.45, 7) is 4.46. The van der Waals surface area contributed by atoms with Crippen molar-refractivity contribution in [1.82, 2.24) is 4.90 Å². The van der Waals surface area contributed by atoms with E-state index in [2.05, 4.69) is 19.1 Å². The number of benzene rings is 2. The quantitative estimate of drug-likeness (QED) is 0.822. The summed E-state index contributed by atoms with van der Waals surface area (Å²) in [5, 5.41) is 0. The molecule has 1 aliphatic rings. The molecule has 2 atom stereocenters. The van der Waals surface area contributed by atoms with Crippen molar-refractivity contribution in [3.63, 3.8) is 0 Å². The Bertz CT molecular complexity index is 770. The van der Waals surface area contributed by atoms with Crippen LogP contribution in [0.25, 0.3) is 0 Å². The predicted octanol–water partition coefficient (Wildman–Crippen LogP) is 3.82. The van der Waals surface area contributed by atoms with Crippen LogP contribution in [-0.4, -0.2) is 30.3 Å². The lowest BCUT2D eigenvalue weighted by molar-refractivity contribution is -0.132. The summed E-state index contributed by atoms with van der Waals surface area (Å²) in [5.74, 6) is 0.290. The molecule has 26 heavy (non-hydrogen) atoms. The lowest BCUT2D eigenvalue weighted by Crippen LogP contribution is -2.30. The molecule has 1 heterocycles. The number of carbonyl (C=O) groups is 2. The van der Waals surface area contributed by atoms with Gasteiger partial charge in [-0.25, -0.2) is 0 Å². The zero-order valence-electron chi connectivity index (χ0n) is 15.7. The van der Waals surface area contributed by atoms with E-state index in [1.807, 2.05) is 47.4 Å². The minimum atomic E-state index is 0.00858. The number of rotatable bonds is 5. The van der Waals surface area contributed by atoms with Gasteiger partial charge in [0.05, 0.1) is 6.04 Å². The van der Waals surface area contributed by atoms with Gasteiger partial charge in [-0.3, -0.25) is 9.59 Å². The molecule has 2 aromatic rings. The topological polar surface area (TPSA) is 40.6 Å². The first kappa shape index (κ1) is 18.2. The molecule has 0 saturated carbocycles. The second-order valence-electron chi connectivity index (χ2n) is 7.05. The molecule has 0 spiro atoms. The van der Waals surface area contributed by atoms with Crippen LogP contribution >= 0.6 is 0 Å². The maximum absolute atomic E-state index is 12.9. The van der Waals surface area contributed by atoms with E-state index in [-0.39, 0.29) is 23.8 Å². The van der Waals surface area contributed by atoms with Crippen LogP contribution in [0.1, 0.15) is 37.4 Å². The first-order valence-corrected chi connectivity index (χ1v) is 9.16. The van der Waals surface area contributed by atoms with Gasteiger partial charge in [-0.05, 0) is 43.0 Å². The SMILES string of the molecule is CC(=O)N(C)c1ccc(CC2CCN([C@H](C)c3ccccc3)C2=O)cc1. The van der Waals surface area contributed by atoms with Gasteiger partial charge < -0.3 is 9.80 Å². The predicted molar refractivity (Wildman–Crippen MR) is 104 cm³/mol.